The normalized spacial score (nSPS) is 11.1. The van der Waals surface area contributed by atoms with Gasteiger partial charge in [0.15, 0.2) is 0 Å². The lowest BCUT2D eigenvalue weighted by Gasteiger charge is -2.08. The maximum Gasteiger partial charge on any atom is 0.329 e. The van der Waals surface area contributed by atoms with Gasteiger partial charge in [0.2, 0.25) is 5.91 Å². The highest BCUT2D eigenvalue weighted by atomic mass is 16.2. The van der Waals surface area contributed by atoms with Crippen molar-refractivity contribution in [2.24, 2.45) is 5.10 Å². The van der Waals surface area contributed by atoms with Gasteiger partial charge in [-0.2, -0.15) is 5.10 Å². The van der Waals surface area contributed by atoms with Crippen LogP contribution in [0, 0.1) is 0 Å². The fraction of sp³-hybridized carbons (Fsp3) is 0.412. The van der Waals surface area contributed by atoms with Gasteiger partial charge in [-0.3, -0.25) is 14.4 Å². The van der Waals surface area contributed by atoms with Crippen molar-refractivity contribution >= 4 is 29.1 Å². The van der Waals surface area contributed by atoms with Crippen LogP contribution in [0.2, 0.25) is 0 Å². The van der Waals surface area contributed by atoms with Crippen molar-refractivity contribution < 1.29 is 14.4 Å². The summed E-state index contributed by atoms with van der Waals surface area (Å²) in [4.78, 5) is 35.0. The van der Waals surface area contributed by atoms with Gasteiger partial charge in [-0.15, -0.1) is 0 Å². The molecule has 0 aliphatic rings. The molecule has 0 spiro atoms. The standard InChI is InChI=1S/C17H24N4O3/c1-5-13-6-8-14(9-7-13)19-16(23)17(24)21-20-12(4)10-15(22)18-11(2)3/h6-9,11H,5,10H2,1-4H3,(H,18,22)(H,19,23)(H,21,24). The molecule has 0 saturated heterocycles. The minimum Gasteiger partial charge on any atom is -0.354 e. The molecule has 130 valence electrons. The molecular formula is C17H24N4O3. The Morgan fingerprint density at radius 3 is 2.25 bits per heavy atom. The van der Waals surface area contributed by atoms with Gasteiger partial charge in [0.05, 0.1) is 6.42 Å². The summed E-state index contributed by atoms with van der Waals surface area (Å²) >= 11 is 0. The van der Waals surface area contributed by atoms with Crippen LogP contribution in [0.15, 0.2) is 29.4 Å². The molecule has 1 aromatic rings. The Morgan fingerprint density at radius 2 is 1.71 bits per heavy atom. The van der Waals surface area contributed by atoms with Gasteiger partial charge in [-0.05, 0) is 44.9 Å². The fourth-order valence-corrected chi connectivity index (χ4v) is 1.85. The highest BCUT2D eigenvalue weighted by Gasteiger charge is 2.13. The predicted molar refractivity (Wildman–Crippen MR) is 93.6 cm³/mol. The van der Waals surface area contributed by atoms with Gasteiger partial charge < -0.3 is 10.6 Å². The Labute approximate surface area is 141 Å². The molecule has 1 aromatic carbocycles. The molecule has 0 aliphatic carbocycles. The first kappa shape index (κ1) is 19.3. The van der Waals surface area contributed by atoms with Crippen molar-refractivity contribution in [2.45, 2.75) is 46.6 Å². The molecule has 7 heteroatoms. The van der Waals surface area contributed by atoms with Gasteiger partial charge >= 0.3 is 11.8 Å². The number of amides is 3. The van der Waals surface area contributed by atoms with E-state index in [1.54, 1.807) is 19.1 Å². The second kappa shape index (κ2) is 9.44. The zero-order valence-electron chi connectivity index (χ0n) is 14.5. The summed E-state index contributed by atoms with van der Waals surface area (Å²) in [5.74, 6) is -1.90. The lowest BCUT2D eigenvalue weighted by atomic mass is 10.1. The van der Waals surface area contributed by atoms with Crippen LogP contribution in [-0.2, 0) is 20.8 Å². The van der Waals surface area contributed by atoms with E-state index in [0.717, 1.165) is 12.0 Å². The molecule has 0 unspecified atom stereocenters. The third-order valence-corrected chi connectivity index (χ3v) is 3.04. The second-order valence-electron chi connectivity index (χ2n) is 5.69. The zero-order valence-corrected chi connectivity index (χ0v) is 14.5. The van der Waals surface area contributed by atoms with E-state index < -0.39 is 11.8 Å². The molecular weight excluding hydrogens is 308 g/mol. The largest absolute Gasteiger partial charge is 0.354 e. The highest BCUT2D eigenvalue weighted by molar-refractivity contribution is 6.39. The zero-order chi connectivity index (χ0) is 18.1. The average molecular weight is 332 g/mol. The number of hydrazone groups is 1. The number of rotatable bonds is 6. The van der Waals surface area contributed by atoms with Gasteiger partial charge in [0.1, 0.15) is 0 Å². The maximum atomic E-state index is 11.8. The van der Waals surface area contributed by atoms with E-state index >= 15 is 0 Å². The summed E-state index contributed by atoms with van der Waals surface area (Å²) in [6.07, 6.45) is 0.950. The van der Waals surface area contributed by atoms with E-state index in [-0.39, 0.29) is 18.4 Å². The highest BCUT2D eigenvalue weighted by Crippen LogP contribution is 2.09. The topological polar surface area (TPSA) is 99.7 Å². The van der Waals surface area contributed by atoms with Crippen molar-refractivity contribution in [2.75, 3.05) is 5.32 Å². The number of hydrogen-bond donors (Lipinski definition) is 3. The van der Waals surface area contributed by atoms with E-state index in [1.165, 1.54) is 0 Å². The Bertz CT molecular complexity index is 621. The number of anilines is 1. The molecule has 0 saturated carbocycles. The molecule has 7 nitrogen and oxygen atoms in total. The van der Waals surface area contributed by atoms with E-state index in [1.807, 2.05) is 32.9 Å². The molecule has 0 heterocycles. The third-order valence-electron chi connectivity index (χ3n) is 3.04. The molecule has 0 aliphatic heterocycles. The van der Waals surface area contributed by atoms with Crippen molar-refractivity contribution in [3.05, 3.63) is 29.8 Å². The number of nitrogens with zero attached hydrogens (tertiary/aromatic N) is 1. The Balaban J connectivity index is 2.49. The second-order valence-corrected chi connectivity index (χ2v) is 5.69. The summed E-state index contributed by atoms with van der Waals surface area (Å²) < 4.78 is 0. The third kappa shape index (κ3) is 7.04. The Hall–Kier alpha value is -2.70. The van der Waals surface area contributed by atoms with Crippen LogP contribution in [0.4, 0.5) is 5.69 Å². The SMILES string of the molecule is CCc1ccc(NC(=O)C(=O)NN=C(C)CC(=O)NC(C)C)cc1. The summed E-state index contributed by atoms with van der Waals surface area (Å²) in [5, 5.41) is 8.96. The molecule has 0 atom stereocenters. The number of benzene rings is 1. The van der Waals surface area contributed by atoms with E-state index in [2.05, 4.69) is 21.2 Å². The lowest BCUT2D eigenvalue weighted by molar-refractivity contribution is -0.136. The van der Waals surface area contributed by atoms with Crippen LogP contribution in [-0.4, -0.2) is 29.5 Å². The van der Waals surface area contributed by atoms with Crippen LogP contribution < -0.4 is 16.1 Å². The summed E-state index contributed by atoms with van der Waals surface area (Å²) in [7, 11) is 0. The molecule has 0 bridgehead atoms. The van der Waals surface area contributed by atoms with E-state index in [9.17, 15) is 14.4 Å². The number of carbonyl (C=O) groups excluding carboxylic acids is 3. The minimum atomic E-state index is -0.891. The van der Waals surface area contributed by atoms with Gasteiger partial charge in [-0.25, -0.2) is 5.43 Å². The monoisotopic (exact) mass is 332 g/mol. The Kier molecular flexibility index (Phi) is 7.61. The number of nitrogens with one attached hydrogen (secondary N) is 3. The predicted octanol–water partition coefficient (Wildman–Crippen LogP) is 1.59. The first-order chi connectivity index (χ1) is 11.3. The molecule has 3 N–H and O–H groups in total. The smallest absolute Gasteiger partial charge is 0.329 e. The number of carbonyl (C=O) groups is 3. The average Bonchev–Trinajstić information content (AvgIpc) is 2.52. The van der Waals surface area contributed by atoms with Gasteiger partial charge in [0.25, 0.3) is 0 Å². The van der Waals surface area contributed by atoms with Crippen molar-refractivity contribution in [3.8, 4) is 0 Å². The van der Waals surface area contributed by atoms with Gasteiger partial charge in [-0.1, -0.05) is 19.1 Å². The van der Waals surface area contributed by atoms with E-state index in [0.29, 0.717) is 11.4 Å². The van der Waals surface area contributed by atoms with Crippen LogP contribution in [0.25, 0.3) is 0 Å². The molecule has 1 rings (SSSR count). The molecule has 3 amide bonds. The maximum absolute atomic E-state index is 11.8. The molecule has 0 aromatic heterocycles. The van der Waals surface area contributed by atoms with Crippen molar-refractivity contribution in [1.29, 1.82) is 0 Å². The van der Waals surface area contributed by atoms with Crippen LogP contribution in [0.3, 0.4) is 0 Å². The lowest BCUT2D eigenvalue weighted by Crippen LogP contribution is -2.34. The number of aryl methyl sites for hydroxylation is 1. The van der Waals surface area contributed by atoms with Crippen LogP contribution in [0.5, 0.6) is 0 Å². The van der Waals surface area contributed by atoms with Crippen LogP contribution in [0.1, 0.15) is 39.7 Å². The Morgan fingerprint density at radius 1 is 1.08 bits per heavy atom. The first-order valence-corrected chi connectivity index (χ1v) is 7.84. The minimum absolute atomic E-state index is 0.0322. The molecule has 24 heavy (non-hydrogen) atoms. The van der Waals surface area contributed by atoms with Gasteiger partial charge in [0, 0.05) is 17.4 Å². The van der Waals surface area contributed by atoms with E-state index in [4.69, 9.17) is 0 Å². The summed E-state index contributed by atoms with van der Waals surface area (Å²) in [5.41, 5.74) is 4.21. The fourth-order valence-electron chi connectivity index (χ4n) is 1.85. The summed E-state index contributed by atoms with van der Waals surface area (Å²) in [6, 6.07) is 7.25. The molecule has 0 radical (unpaired) electrons. The van der Waals surface area contributed by atoms with Crippen molar-refractivity contribution in [3.63, 3.8) is 0 Å². The quantitative estimate of drug-likeness (QED) is 0.419. The molecule has 0 fully saturated rings. The number of hydrogen-bond acceptors (Lipinski definition) is 4. The van der Waals surface area contributed by atoms with Crippen molar-refractivity contribution in [1.82, 2.24) is 10.7 Å². The van der Waals surface area contributed by atoms with Crippen LogP contribution >= 0.6 is 0 Å². The first-order valence-electron chi connectivity index (χ1n) is 7.84. The summed E-state index contributed by atoms with van der Waals surface area (Å²) in [6.45, 7) is 7.33.